The van der Waals surface area contributed by atoms with Crippen molar-refractivity contribution in [3.63, 3.8) is 0 Å². The van der Waals surface area contributed by atoms with E-state index in [4.69, 9.17) is 19.7 Å². The molecule has 0 radical (unpaired) electrons. The fourth-order valence-electron chi connectivity index (χ4n) is 13.5. The maximum absolute atomic E-state index is 14.3. The van der Waals surface area contributed by atoms with Crippen LogP contribution in [0.15, 0.2) is 264 Å². The third-order valence-corrected chi connectivity index (χ3v) is 18.9. The van der Waals surface area contributed by atoms with E-state index < -0.39 is 0 Å². The molecule has 20 nitrogen and oxygen atoms in total. The smallest absolute Gasteiger partial charge is 0.263 e. The molecular formula is C90H77N17O3. The van der Waals surface area contributed by atoms with E-state index in [9.17, 15) is 14.4 Å². The number of nitrogens with zero attached hydrogens (tertiary/aromatic N) is 14. The van der Waals surface area contributed by atoms with Crippen molar-refractivity contribution >= 4 is 72.5 Å². The van der Waals surface area contributed by atoms with Crippen LogP contribution in [-0.4, -0.2) is 62.7 Å². The van der Waals surface area contributed by atoms with Gasteiger partial charge in [0.15, 0.2) is 0 Å². The van der Waals surface area contributed by atoms with Gasteiger partial charge in [-0.3, -0.25) is 48.0 Å². The first-order valence-electron chi connectivity index (χ1n) is 35.7. The number of benzene rings is 8. The molecule has 0 saturated carbocycles. The minimum Gasteiger partial charge on any atom is -0.378 e. The second kappa shape index (κ2) is 32.4. The molecule has 110 heavy (non-hydrogen) atoms. The molecule has 0 saturated heterocycles. The van der Waals surface area contributed by atoms with Crippen LogP contribution in [0.4, 0.5) is 40.2 Å². The van der Waals surface area contributed by atoms with Gasteiger partial charge in [0.2, 0.25) is 17.1 Å². The first-order chi connectivity index (χ1) is 53.3. The number of hydrogen-bond donors (Lipinski definition) is 3. The highest BCUT2D eigenvalue weighted by Gasteiger charge is 2.25. The minimum atomic E-state index is -0.332. The average Bonchev–Trinajstić information content (AvgIpc) is 0.760. The van der Waals surface area contributed by atoms with Crippen LogP contribution in [0.1, 0.15) is 84.7 Å². The average molecular weight is 1440 g/mol. The van der Waals surface area contributed by atoms with Gasteiger partial charge in [0.1, 0.15) is 34.9 Å². The van der Waals surface area contributed by atoms with Crippen LogP contribution in [0.5, 0.6) is 0 Å². The predicted molar refractivity (Wildman–Crippen MR) is 442 cm³/mol. The zero-order chi connectivity index (χ0) is 77.3. The molecule has 15 aromatic rings. The summed E-state index contributed by atoms with van der Waals surface area (Å²) in [5.41, 5.74) is 13.9. The van der Waals surface area contributed by atoms with E-state index in [0.29, 0.717) is 68.1 Å². The number of fused-ring (bicyclic) bond motifs is 3. The van der Waals surface area contributed by atoms with Crippen LogP contribution in [0.3, 0.4) is 0 Å². The number of anilines is 4. The lowest BCUT2D eigenvalue weighted by atomic mass is 9.97. The number of pyridine rings is 4. The molecule has 0 amide bonds. The van der Waals surface area contributed by atoms with Crippen LogP contribution in [-0.2, 0) is 0 Å². The predicted octanol–water partition coefficient (Wildman–Crippen LogP) is 19.5. The lowest BCUT2D eigenvalue weighted by Gasteiger charge is -2.22. The van der Waals surface area contributed by atoms with Crippen molar-refractivity contribution in [3.8, 4) is 50.4 Å². The third kappa shape index (κ3) is 15.6. The normalized spacial score (nSPS) is 11.7. The molecule has 8 aromatic carbocycles. The van der Waals surface area contributed by atoms with Crippen molar-refractivity contribution in [2.45, 2.75) is 73.5 Å². The third-order valence-electron chi connectivity index (χ3n) is 18.9. The number of para-hydroxylation sites is 3. The van der Waals surface area contributed by atoms with Gasteiger partial charge in [-0.05, 0) is 172 Å². The highest BCUT2D eigenvalue weighted by Crippen LogP contribution is 2.37. The Morgan fingerprint density at radius 3 is 1.05 bits per heavy atom. The summed E-state index contributed by atoms with van der Waals surface area (Å²) in [7, 11) is 4.01. The van der Waals surface area contributed by atoms with Gasteiger partial charge in [-0.25, -0.2) is 29.5 Å². The summed E-state index contributed by atoms with van der Waals surface area (Å²) in [6.07, 6.45) is 6.35. The van der Waals surface area contributed by atoms with E-state index in [1.807, 2.05) is 230 Å². The molecule has 0 aliphatic carbocycles. The standard InChI is InChI=1S/C31H28N6O.C30H25N5O.C29H24N6O/c1-20(34-30-27(32-3)19-33-21(2)35-30)28-18-23-12-10-16-26(22-11-9-15-25(17-22)36(4)5)29(23)31(38)37(28)24-13-7-6-8-14-24;1-19-13-15-22(16-14-19)25-12-8-9-23-17-27(20(2)33-29-26(31-4)18-32-21(3)34-29)35(30(36)28(23)25)24-10-6-5-7-11-24;1-18-13-14-22(16-31-18)24-12-8-9-21-15-26(19(2)33-28-25(30-4)17-32-20(3)34-28)35(29(36)27(21)24)23-10-6-5-7-11-23/h6-20H,1-2,4-5H3,(H,33,34,35);5-18,20H,1-3H3,(H,32,33,34);5-17,19H,1-3H3,(H,32,33,34)/t2*20-;19-/m000/s1. The number of hydrogen-bond acceptors (Lipinski definition) is 14. The Morgan fingerprint density at radius 2 is 0.709 bits per heavy atom. The van der Waals surface area contributed by atoms with Crippen LogP contribution in [0, 0.1) is 54.3 Å². The maximum atomic E-state index is 14.3. The van der Waals surface area contributed by atoms with Crippen LogP contribution < -0.4 is 37.5 Å². The minimum absolute atomic E-state index is 0.0946. The van der Waals surface area contributed by atoms with Gasteiger partial charge < -0.3 is 20.9 Å². The van der Waals surface area contributed by atoms with E-state index in [2.05, 4.69) is 114 Å². The maximum Gasteiger partial charge on any atom is 0.263 e. The molecule has 0 fully saturated rings. The topological polar surface area (TPSA) is 209 Å². The summed E-state index contributed by atoms with van der Waals surface area (Å²) in [5, 5.41) is 14.5. The summed E-state index contributed by atoms with van der Waals surface area (Å²) in [6.45, 7) is 37.7. The monoisotopic (exact) mass is 1440 g/mol. The van der Waals surface area contributed by atoms with Crippen molar-refractivity contribution in [2.24, 2.45) is 0 Å². The van der Waals surface area contributed by atoms with Crippen molar-refractivity contribution in [1.82, 2.24) is 48.6 Å². The van der Waals surface area contributed by atoms with E-state index >= 15 is 0 Å². The fourth-order valence-corrected chi connectivity index (χ4v) is 13.5. The van der Waals surface area contributed by atoms with Crippen molar-refractivity contribution in [1.29, 1.82) is 0 Å². The molecule has 0 bridgehead atoms. The van der Waals surface area contributed by atoms with Crippen LogP contribution in [0.25, 0.3) is 97.3 Å². The Labute approximate surface area is 636 Å². The SMILES string of the molecule is [C-]#[N+]c1cnc(C)nc1N[C@@H](C)c1cc2cccc(-c3ccc(C)cc3)c2c(=O)n1-c1ccccc1.[C-]#[N+]c1cnc(C)nc1N[C@@H](C)c1cc2cccc(-c3ccc(C)nc3)c2c(=O)n1-c1ccccc1.[C-]#[N+]c1cnc(C)nc1N[C@@H](C)c1cc2cccc(-c3cccc(N(C)C)c3)c2c(=O)n1-c1ccccc1. The second-order valence-electron chi connectivity index (χ2n) is 26.8. The molecule has 15 rings (SSSR count). The molecule has 0 aliphatic rings. The second-order valence-corrected chi connectivity index (χ2v) is 26.8. The fraction of sp³-hybridized carbons (Fsp3) is 0.144. The number of aromatic nitrogens is 10. The van der Waals surface area contributed by atoms with Gasteiger partial charge >= 0.3 is 0 Å². The molecule has 540 valence electrons. The Bertz CT molecular complexity index is 6030. The Hall–Kier alpha value is -14.6. The first kappa shape index (κ1) is 73.8. The molecule has 7 heterocycles. The molecule has 0 aliphatic heterocycles. The largest absolute Gasteiger partial charge is 0.378 e. The molecule has 3 N–H and O–H groups in total. The van der Waals surface area contributed by atoms with Gasteiger partial charge in [0.05, 0.1) is 54.0 Å². The van der Waals surface area contributed by atoms with Crippen molar-refractivity contribution < 1.29 is 0 Å². The summed E-state index contributed by atoms with van der Waals surface area (Å²) < 4.78 is 5.24. The van der Waals surface area contributed by atoms with Crippen molar-refractivity contribution in [2.75, 3.05) is 34.9 Å². The van der Waals surface area contributed by atoms with Crippen LogP contribution in [0.2, 0.25) is 0 Å². The van der Waals surface area contributed by atoms with E-state index in [1.165, 1.54) is 24.2 Å². The van der Waals surface area contributed by atoms with E-state index in [0.717, 1.165) is 95.1 Å². The van der Waals surface area contributed by atoms with E-state index in [1.54, 1.807) is 40.7 Å². The summed E-state index contributed by atoms with van der Waals surface area (Å²) in [5.74, 6) is 3.03. The molecule has 3 atom stereocenters. The molecule has 0 spiro atoms. The highest BCUT2D eigenvalue weighted by molar-refractivity contribution is 5.99. The zero-order valence-corrected chi connectivity index (χ0v) is 62.4. The molecule has 20 heteroatoms. The Kier molecular flexibility index (Phi) is 21.8. The van der Waals surface area contributed by atoms with Gasteiger partial charge in [0, 0.05) is 90.0 Å². The first-order valence-corrected chi connectivity index (χ1v) is 35.7. The quantitative estimate of drug-likeness (QED) is 0.0769. The summed E-state index contributed by atoms with van der Waals surface area (Å²) in [6, 6.07) is 72.1. The lowest BCUT2D eigenvalue weighted by molar-refractivity contribution is 0.772. The zero-order valence-electron chi connectivity index (χ0n) is 62.4. The summed E-state index contributed by atoms with van der Waals surface area (Å²) in [4.78, 5) is 85.6. The molecular weight excluding hydrogens is 1370 g/mol. The number of rotatable bonds is 16. The van der Waals surface area contributed by atoms with Gasteiger partial charge in [-0.15, -0.1) is 0 Å². The Morgan fingerprint density at radius 1 is 0.364 bits per heavy atom. The highest BCUT2D eigenvalue weighted by atomic mass is 16.1. The number of nitrogens with one attached hydrogen (secondary N) is 3. The van der Waals surface area contributed by atoms with E-state index in [-0.39, 0.29) is 34.8 Å². The summed E-state index contributed by atoms with van der Waals surface area (Å²) >= 11 is 0. The lowest BCUT2D eigenvalue weighted by Crippen LogP contribution is -2.26. The van der Waals surface area contributed by atoms with Gasteiger partial charge in [-0.2, -0.15) is 0 Å². The molecule has 0 unspecified atom stereocenters. The van der Waals surface area contributed by atoms with Crippen molar-refractivity contribution in [3.05, 3.63) is 360 Å². The number of aryl methyl sites for hydroxylation is 5. The Balaban J connectivity index is 0.000000145. The van der Waals surface area contributed by atoms with Crippen LogP contribution >= 0.6 is 0 Å². The molecule has 7 aromatic heterocycles. The van der Waals surface area contributed by atoms with Gasteiger partial charge in [-0.1, -0.05) is 157 Å². The van der Waals surface area contributed by atoms with Gasteiger partial charge in [0.25, 0.3) is 16.7 Å².